The molecule has 1 N–H and O–H groups in total. The maximum absolute atomic E-state index is 12.4. The molecule has 0 fully saturated rings. The van der Waals surface area contributed by atoms with Gasteiger partial charge in [-0.25, -0.2) is 0 Å². The quantitative estimate of drug-likeness (QED) is 0.736. The maximum atomic E-state index is 12.4. The minimum Gasteiger partial charge on any atom is -0.417 e. The maximum Gasteiger partial charge on any atom is 0.234 e. The van der Waals surface area contributed by atoms with E-state index in [4.69, 9.17) is 4.43 Å². The van der Waals surface area contributed by atoms with Crippen LogP contribution in [-0.2, 0) is 14.6 Å². The van der Waals surface area contributed by atoms with E-state index in [0.717, 1.165) is 15.7 Å². The molecule has 0 spiro atoms. The minimum absolute atomic E-state index is 0.0689. The van der Waals surface area contributed by atoms with Crippen molar-refractivity contribution in [3.8, 4) is 0 Å². The van der Waals surface area contributed by atoms with Gasteiger partial charge in [0.2, 0.25) is 5.91 Å². The van der Waals surface area contributed by atoms with Crippen LogP contribution in [0.15, 0.2) is 22.7 Å². The standard InChI is InChI=1S/C17H26BrNO2Si/c1-16(2,3)22(5,6)21-10-9-17(4)13-8-7-12(18)11-14(13)19-15(17)20/h7-8,11H,9-10H2,1-6H3,(H,19,20). The highest BCUT2D eigenvalue weighted by Gasteiger charge is 2.43. The molecule has 1 aromatic carbocycles. The molecule has 5 heteroatoms. The second kappa shape index (κ2) is 5.76. The van der Waals surface area contributed by atoms with Crippen molar-refractivity contribution in [2.45, 2.75) is 57.7 Å². The molecule has 122 valence electrons. The van der Waals surface area contributed by atoms with E-state index in [-0.39, 0.29) is 10.9 Å². The number of rotatable bonds is 4. The van der Waals surface area contributed by atoms with Crippen molar-refractivity contribution in [3.63, 3.8) is 0 Å². The first-order chi connectivity index (χ1) is 9.97. The Bertz CT molecular complexity index is 595. The van der Waals surface area contributed by atoms with E-state index in [1.54, 1.807) is 0 Å². The molecule has 1 atom stereocenters. The van der Waals surface area contributed by atoms with Crippen molar-refractivity contribution in [1.29, 1.82) is 0 Å². The van der Waals surface area contributed by atoms with Crippen LogP contribution in [0.1, 0.15) is 39.7 Å². The molecule has 0 saturated heterocycles. The van der Waals surface area contributed by atoms with Gasteiger partial charge in [0.05, 0.1) is 5.41 Å². The SMILES string of the molecule is CC1(CCO[Si](C)(C)C(C)(C)C)C(=O)Nc2cc(Br)ccc21. The third-order valence-corrected chi connectivity index (χ3v) is 10.2. The Kier molecular flexibility index (Phi) is 4.64. The summed E-state index contributed by atoms with van der Waals surface area (Å²) in [7, 11) is -1.77. The van der Waals surface area contributed by atoms with Crippen LogP contribution in [0.2, 0.25) is 18.1 Å². The van der Waals surface area contributed by atoms with Crippen LogP contribution in [0.3, 0.4) is 0 Å². The van der Waals surface area contributed by atoms with Crippen LogP contribution in [0.4, 0.5) is 5.69 Å². The van der Waals surface area contributed by atoms with Gasteiger partial charge in [-0.05, 0) is 49.2 Å². The van der Waals surface area contributed by atoms with Crippen molar-refractivity contribution in [2.75, 3.05) is 11.9 Å². The molecule has 1 aromatic rings. The summed E-state index contributed by atoms with van der Waals surface area (Å²) in [4.78, 5) is 12.4. The van der Waals surface area contributed by atoms with Crippen LogP contribution >= 0.6 is 15.9 Å². The monoisotopic (exact) mass is 383 g/mol. The van der Waals surface area contributed by atoms with E-state index in [0.29, 0.717) is 13.0 Å². The Labute approximate surface area is 143 Å². The summed E-state index contributed by atoms with van der Waals surface area (Å²) in [6.45, 7) is 13.8. The number of benzene rings is 1. The van der Waals surface area contributed by atoms with Crippen molar-refractivity contribution in [1.82, 2.24) is 0 Å². The van der Waals surface area contributed by atoms with Crippen LogP contribution in [-0.4, -0.2) is 20.8 Å². The predicted octanol–water partition coefficient (Wildman–Crippen LogP) is 5.07. The molecule has 0 bridgehead atoms. The first-order valence-electron chi connectivity index (χ1n) is 7.73. The van der Waals surface area contributed by atoms with Crippen LogP contribution < -0.4 is 5.32 Å². The summed E-state index contributed by atoms with van der Waals surface area (Å²) in [6, 6.07) is 5.99. The van der Waals surface area contributed by atoms with E-state index in [1.807, 2.05) is 25.1 Å². The van der Waals surface area contributed by atoms with E-state index in [2.05, 4.69) is 55.1 Å². The topological polar surface area (TPSA) is 38.3 Å². The molecule has 1 aliphatic rings. The van der Waals surface area contributed by atoms with Crippen LogP contribution in [0.5, 0.6) is 0 Å². The van der Waals surface area contributed by atoms with Gasteiger partial charge in [-0.15, -0.1) is 0 Å². The number of hydrogen-bond donors (Lipinski definition) is 1. The van der Waals surface area contributed by atoms with Gasteiger partial charge in [-0.1, -0.05) is 42.8 Å². The fourth-order valence-corrected chi connectivity index (χ4v) is 3.87. The van der Waals surface area contributed by atoms with E-state index in [9.17, 15) is 4.79 Å². The molecule has 0 radical (unpaired) electrons. The van der Waals surface area contributed by atoms with Crippen LogP contribution in [0, 0.1) is 0 Å². The van der Waals surface area contributed by atoms with E-state index >= 15 is 0 Å². The lowest BCUT2D eigenvalue weighted by molar-refractivity contribution is -0.120. The minimum atomic E-state index is -1.77. The Morgan fingerprint density at radius 1 is 1.32 bits per heavy atom. The summed E-state index contributed by atoms with van der Waals surface area (Å²) in [5.41, 5.74) is 1.48. The molecular weight excluding hydrogens is 358 g/mol. The molecule has 3 nitrogen and oxygen atoms in total. The number of carbonyl (C=O) groups is 1. The van der Waals surface area contributed by atoms with Gasteiger partial charge in [0.25, 0.3) is 0 Å². The van der Waals surface area contributed by atoms with Gasteiger partial charge < -0.3 is 9.74 Å². The largest absolute Gasteiger partial charge is 0.417 e. The van der Waals surface area contributed by atoms with Crippen molar-refractivity contribution < 1.29 is 9.22 Å². The average Bonchev–Trinajstić information content (AvgIpc) is 2.59. The normalized spacial score (nSPS) is 21.7. The molecule has 1 amide bonds. The Morgan fingerprint density at radius 2 is 1.95 bits per heavy atom. The first kappa shape index (κ1) is 17.7. The summed E-state index contributed by atoms with van der Waals surface area (Å²) in [6.07, 6.45) is 0.708. The lowest BCUT2D eigenvalue weighted by atomic mass is 9.81. The van der Waals surface area contributed by atoms with Gasteiger partial charge in [0.15, 0.2) is 8.32 Å². The Hall–Kier alpha value is -0.653. The number of halogens is 1. The lowest BCUT2D eigenvalue weighted by Crippen LogP contribution is -2.42. The molecule has 1 aliphatic heterocycles. The number of hydrogen-bond acceptors (Lipinski definition) is 2. The summed E-state index contributed by atoms with van der Waals surface area (Å²) in [5, 5.41) is 3.18. The fourth-order valence-electron chi connectivity index (χ4n) is 2.46. The highest BCUT2D eigenvalue weighted by molar-refractivity contribution is 9.10. The number of carbonyl (C=O) groups excluding carboxylic acids is 1. The molecule has 22 heavy (non-hydrogen) atoms. The molecule has 0 aromatic heterocycles. The average molecular weight is 384 g/mol. The third kappa shape index (κ3) is 3.17. The van der Waals surface area contributed by atoms with Crippen molar-refractivity contribution in [2.24, 2.45) is 0 Å². The number of nitrogens with one attached hydrogen (secondary N) is 1. The zero-order valence-electron chi connectivity index (χ0n) is 14.3. The zero-order valence-corrected chi connectivity index (χ0v) is 16.9. The second-order valence-corrected chi connectivity index (χ2v) is 13.6. The van der Waals surface area contributed by atoms with Gasteiger partial charge in [0.1, 0.15) is 0 Å². The van der Waals surface area contributed by atoms with E-state index < -0.39 is 13.7 Å². The van der Waals surface area contributed by atoms with Gasteiger partial charge in [-0.3, -0.25) is 4.79 Å². The van der Waals surface area contributed by atoms with Crippen molar-refractivity contribution >= 4 is 35.8 Å². The molecule has 1 unspecified atom stereocenters. The lowest BCUT2D eigenvalue weighted by Gasteiger charge is -2.37. The Morgan fingerprint density at radius 3 is 2.55 bits per heavy atom. The van der Waals surface area contributed by atoms with Crippen molar-refractivity contribution in [3.05, 3.63) is 28.2 Å². The Balaban J connectivity index is 2.12. The number of anilines is 1. The highest BCUT2D eigenvalue weighted by Crippen LogP contribution is 2.42. The molecular formula is C17H26BrNO2Si. The number of fused-ring (bicyclic) bond motifs is 1. The fraction of sp³-hybridized carbons (Fsp3) is 0.588. The second-order valence-electron chi connectivity index (χ2n) is 7.83. The third-order valence-electron chi connectivity index (χ3n) is 5.20. The molecule has 2 rings (SSSR count). The smallest absolute Gasteiger partial charge is 0.234 e. The predicted molar refractivity (Wildman–Crippen MR) is 97.9 cm³/mol. The van der Waals surface area contributed by atoms with Crippen LogP contribution in [0.25, 0.3) is 0 Å². The van der Waals surface area contributed by atoms with Gasteiger partial charge in [0, 0.05) is 16.8 Å². The van der Waals surface area contributed by atoms with E-state index in [1.165, 1.54) is 0 Å². The summed E-state index contributed by atoms with van der Waals surface area (Å²) < 4.78 is 7.24. The molecule has 0 saturated carbocycles. The zero-order chi connectivity index (χ0) is 16.8. The van der Waals surface area contributed by atoms with Gasteiger partial charge >= 0.3 is 0 Å². The molecule has 0 aliphatic carbocycles. The van der Waals surface area contributed by atoms with Gasteiger partial charge in [-0.2, -0.15) is 0 Å². The highest BCUT2D eigenvalue weighted by atomic mass is 79.9. The first-order valence-corrected chi connectivity index (χ1v) is 11.4. The summed E-state index contributed by atoms with van der Waals surface area (Å²) >= 11 is 3.45. The summed E-state index contributed by atoms with van der Waals surface area (Å²) in [5.74, 6) is 0.0689. The number of amides is 1. The molecule has 1 heterocycles.